The van der Waals surface area contributed by atoms with Gasteiger partial charge in [-0.25, -0.2) is 0 Å². The number of hydrogen-bond acceptors (Lipinski definition) is 3. The number of nitrogens with zero attached hydrogens (tertiary/aromatic N) is 2. The maximum absolute atomic E-state index is 10.4. The highest BCUT2D eigenvalue weighted by Crippen LogP contribution is 2.27. The summed E-state index contributed by atoms with van der Waals surface area (Å²) in [5, 5.41) is 4.13. The van der Waals surface area contributed by atoms with E-state index in [1.54, 1.807) is 12.4 Å². The molecule has 2 atom stereocenters. The van der Waals surface area contributed by atoms with Gasteiger partial charge in [0.15, 0.2) is 6.29 Å². The molecule has 0 aliphatic heterocycles. The van der Waals surface area contributed by atoms with Crippen LogP contribution in [0.1, 0.15) is 35.7 Å². The molecule has 13 heavy (non-hydrogen) atoms. The number of nitrogens with two attached hydrogens (primary N) is 1. The summed E-state index contributed by atoms with van der Waals surface area (Å²) in [6, 6.07) is 0.692. The molecule has 0 amide bonds. The lowest BCUT2D eigenvalue weighted by atomic mass is 10.2. The Labute approximate surface area is 76.7 Å². The highest BCUT2D eigenvalue weighted by molar-refractivity contribution is 5.73. The number of hydrogen-bond donors (Lipinski definition) is 1. The largest absolute Gasteiger partial charge is 0.328 e. The van der Waals surface area contributed by atoms with Crippen molar-refractivity contribution in [3.05, 3.63) is 18.0 Å². The molecule has 4 nitrogen and oxygen atoms in total. The van der Waals surface area contributed by atoms with Gasteiger partial charge in [0.05, 0.1) is 17.8 Å². The predicted octanol–water partition coefficient (Wildman–Crippen LogP) is 0.748. The fourth-order valence-corrected chi connectivity index (χ4v) is 1.85. The van der Waals surface area contributed by atoms with Crippen LogP contribution in [0, 0.1) is 0 Å². The molecule has 2 unspecified atom stereocenters. The number of carbonyl (C=O) groups excluding carboxylic acids is 1. The van der Waals surface area contributed by atoms with Crippen LogP contribution < -0.4 is 5.73 Å². The van der Waals surface area contributed by atoms with Crippen LogP contribution in [0.5, 0.6) is 0 Å². The molecule has 70 valence electrons. The Hall–Kier alpha value is -1.16. The average Bonchev–Trinajstić information content (AvgIpc) is 2.71. The SMILES string of the molecule is NC1CCC(n2cc(C=O)cn2)C1. The van der Waals surface area contributed by atoms with Crippen LogP contribution in [0.2, 0.25) is 0 Å². The molecule has 1 aliphatic carbocycles. The molecule has 1 fully saturated rings. The minimum Gasteiger partial charge on any atom is -0.328 e. The minimum absolute atomic E-state index is 0.300. The smallest absolute Gasteiger partial charge is 0.153 e. The lowest BCUT2D eigenvalue weighted by Gasteiger charge is -2.08. The van der Waals surface area contributed by atoms with Crippen LogP contribution in [0.15, 0.2) is 12.4 Å². The predicted molar refractivity (Wildman–Crippen MR) is 48.5 cm³/mol. The van der Waals surface area contributed by atoms with Crippen molar-refractivity contribution in [2.24, 2.45) is 5.73 Å². The number of aldehydes is 1. The molecule has 1 aromatic rings. The monoisotopic (exact) mass is 179 g/mol. The average molecular weight is 179 g/mol. The molecule has 0 spiro atoms. The molecule has 0 saturated heterocycles. The second-order valence-electron chi connectivity index (χ2n) is 3.60. The standard InChI is InChI=1S/C9H13N3O/c10-8-1-2-9(3-8)12-5-7(6-13)4-11-12/h4-6,8-9H,1-3,10H2. The molecule has 1 aliphatic rings. The summed E-state index contributed by atoms with van der Waals surface area (Å²) in [5.74, 6) is 0. The van der Waals surface area contributed by atoms with Gasteiger partial charge < -0.3 is 5.73 Å². The Bertz CT molecular complexity index is 308. The van der Waals surface area contributed by atoms with Crippen LogP contribution in [0.3, 0.4) is 0 Å². The summed E-state index contributed by atoms with van der Waals surface area (Å²) in [6.45, 7) is 0. The molecule has 0 aromatic carbocycles. The molecule has 2 N–H and O–H groups in total. The Kier molecular flexibility index (Phi) is 2.14. The van der Waals surface area contributed by atoms with Crippen molar-refractivity contribution in [2.75, 3.05) is 0 Å². The van der Waals surface area contributed by atoms with Gasteiger partial charge >= 0.3 is 0 Å². The van der Waals surface area contributed by atoms with E-state index < -0.39 is 0 Å². The van der Waals surface area contributed by atoms with Gasteiger partial charge in [-0.1, -0.05) is 0 Å². The van der Waals surface area contributed by atoms with E-state index in [1.165, 1.54) is 0 Å². The normalized spacial score (nSPS) is 27.8. The highest BCUT2D eigenvalue weighted by Gasteiger charge is 2.23. The number of rotatable bonds is 2. The summed E-state index contributed by atoms with van der Waals surface area (Å²) in [7, 11) is 0. The third kappa shape index (κ3) is 1.62. The number of aromatic nitrogens is 2. The Balaban J connectivity index is 2.12. The summed E-state index contributed by atoms with van der Waals surface area (Å²) in [6.07, 6.45) is 7.30. The lowest BCUT2D eigenvalue weighted by molar-refractivity contribution is 0.112. The summed E-state index contributed by atoms with van der Waals surface area (Å²) in [4.78, 5) is 10.4. The Morgan fingerprint density at radius 1 is 1.62 bits per heavy atom. The lowest BCUT2D eigenvalue weighted by Crippen LogP contribution is -2.16. The van der Waals surface area contributed by atoms with Crippen molar-refractivity contribution in [3.8, 4) is 0 Å². The van der Waals surface area contributed by atoms with Crippen molar-refractivity contribution in [2.45, 2.75) is 31.3 Å². The Morgan fingerprint density at radius 2 is 2.46 bits per heavy atom. The fraction of sp³-hybridized carbons (Fsp3) is 0.556. The second kappa shape index (κ2) is 3.30. The van der Waals surface area contributed by atoms with E-state index in [2.05, 4.69) is 5.10 Å². The van der Waals surface area contributed by atoms with Crippen LogP contribution in [0.25, 0.3) is 0 Å². The van der Waals surface area contributed by atoms with Crippen molar-refractivity contribution < 1.29 is 4.79 Å². The summed E-state index contributed by atoms with van der Waals surface area (Å²) in [5.41, 5.74) is 6.43. The van der Waals surface area contributed by atoms with Crippen LogP contribution in [-0.4, -0.2) is 22.1 Å². The van der Waals surface area contributed by atoms with E-state index in [-0.39, 0.29) is 0 Å². The molecular weight excluding hydrogens is 166 g/mol. The van der Waals surface area contributed by atoms with Crippen molar-refractivity contribution >= 4 is 6.29 Å². The van der Waals surface area contributed by atoms with Gasteiger partial charge in [0, 0.05) is 12.2 Å². The van der Waals surface area contributed by atoms with Crippen LogP contribution >= 0.6 is 0 Å². The number of carbonyl (C=O) groups is 1. The van der Waals surface area contributed by atoms with Crippen molar-refractivity contribution in [1.29, 1.82) is 0 Å². The molecular formula is C9H13N3O. The van der Waals surface area contributed by atoms with E-state index >= 15 is 0 Å². The first kappa shape index (κ1) is 8.44. The van der Waals surface area contributed by atoms with Gasteiger partial charge in [0.2, 0.25) is 0 Å². The molecule has 1 heterocycles. The van der Waals surface area contributed by atoms with Crippen LogP contribution in [-0.2, 0) is 0 Å². The van der Waals surface area contributed by atoms with Gasteiger partial charge in [0.25, 0.3) is 0 Å². The topological polar surface area (TPSA) is 60.9 Å². The molecule has 2 rings (SSSR count). The van der Waals surface area contributed by atoms with Gasteiger partial charge in [-0.15, -0.1) is 0 Å². The zero-order valence-electron chi connectivity index (χ0n) is 7.39. The molecule has 1 saturated carbocycles. The van der Waals surface area contributed by atoms with Crippen molar-refractivity contribution in [1.82, 2.24) is 9.78 Å². The molecule has 0 radical (unpaired) electrons. The van der Waals surface area contributed by atoms with Crippen LogP contribution in [0.4, 0.5) is 0 Å². The quantitative estimate of drug-likeness (QED) is 0.681. The molecule has 0 bridgehead atoms. The van der Waals surface area contributed by atoms with Gasteiger partial charge in [-0.3, -0.25) is 9.48 Å². The summed E-state index contributed by atoms with van der Waals surface area (Å²) >= 11 is 0. The zero-order valence-corrected chi connectivity index (χ0v) is 7.39. The Morgan fingerprint density at radius 3 is 3.00 bits per heavy atom. The third-order valence-corrected chi connectivity index (χ3v) is 2.58. The first-order valence-corrected chi connectivity index (χ1v) is 4.54. The maximum Gasteiger partial charge on any atom is 0.153 e. The first-order valence-electron chi connectivity index (χ1n) is 4.54. The van der Waals surface area contributed by atoms with E-state index in [9.17, 15) is 4.79 Å². The third-order valence-electron chi connectivity index (χ3n) is 2.58. The van der Waals surface area contributed by atoms with E-state index in [4.69, 9.17) is 5.73 Å². The summed E-state index contributed by atoms with van der Waals surface area (Å²) < 4.78 is 1.86. The van der Waals surface area contributed by atoms with Gasteiger partial charge in [0.1, 0.15) is 0 Å². The minimum atomic E-state index is 0.300. The van der Waals surface area contributed by atoms with Crippen molar-refractivity contribution in [3.63, 3.8) is 0 Å². The zero-order chi connectivity index (χ0) is 9.26. The first-order chi connectivity index (χ1) is 6.29. The molecule has 1 aromatic heterocycles. The van der Waals surface area contributed by atoms with Gasteiger partial charge in [-0.2, -0.15) is 5.10 Å². The maximum atomic E-state index is 10.4. The van der Waals surface area contributed by atoms with Gasteiger partial charge in [-0.05, 0) is 19.3 Å². The molecule has 4 heteroatoms. The van der Waals surface area contributed by atoms with E-state index in [1.807, 2.05) is 4.68 Å². The fourth-order valence-electron chi connectivity index (χ4n) is 1.85. The second-order valence-corrected chi connectivity index (χ2v) is 3.60. The van der Waals surface area contributed by atoms with E-state index in [0.29, 0.717) is 17.6 Å². The highest BCUT2D eigenvalue weighted by atomic mass is 16.1. The van der Waals surface area contributed by atoms with E-state index in [0.717, 1.165) is 25.5 Å².